The second-order valence-corrected chi connectivity index (χ2v) is 6.15. The summed E-state index contributed by atoms with van der Waals surface area (Å²) < 4.78 is 12.7. The lowest BCUT2D eigenvalue weighted by Crippen LogP contribution is -2.12. The van der Waals surface area contributed by atoms with Gasteiger partial charge in [-0.1, -0.05) is 12.1 Å². The lowest BCUT2D eigenvalue weighted by Gasteiger charge is -2.10. The number of nitrogens with one attached hydrogen (secondary N) is 1. The minimum absolute atomic E-state index is 0.604. The minimum Gasteiger partial charge on any atom is -0.497 e. The first-order valence-corrected chi connectivity index (χ1v) is 8.87. The Morgan fingerprint density at radius 3 is 2.59 bits per heavy atom. The van der Waals surface area contributed by atoms with Gasteiger partial charge < -0.3 is 14.8 Å². The van der Waals surface area contributed by atoms with Crippen LogP contribution in [0.4, 0.5) is 5.95 Å². The van der Waals surface area contributed by atoms with Crippen molar-refractivity contribution in [3.05, 3.63) is 54.4 Å². The number of para-hydroxylation sites is 1. The number of ether oxygens (including phenoxy) is 2. The highest BCUT2D eigenvalue weighted by Crippen LogP contribution is 2.20. The second-order valence-electron chi connectivity index (χ2n) is 6.15. The van der Waals surface area contributed by atoms with Gasteiger partial charge in [0.25, 0.3) is 0 Å². The highest BCUT2D eigenvalue weighted by Gasteiger charge is 2.11. The Morgan fingerprint density at radius 2 is 1.78 bits per heavy atom. The summed E-state index contributed by atoms with van der Waals surface area (Å²) in [6, 6.07) is 15.5. The van der Waals surface area contributed by atoms with Crippen LogP contribution in [0.1, 0.15) is 12.2 Å². The lowest BCUT2D eigenvalue weighted by atomic mass is 10.2. The molecule has 0 fully saturated rings. The Bertz CT molecular complexity index is 1060. The topological polar surface area (TPSA) is 73.6 Å². The maximum absolute atomic E-state index is 5.75. The fourth-order valence-electron chi connectivity index (χ4n) is 2.91. The van der Waals surface area contributed by atoms with Crippen molar-refractivity contribution in [1.29, 1.82) is 0 Å². The summed E-state index contributed by atoms with van der Waals surface area (Å²) in [7, 11) is 1.65. The summed E-state index contributed by atoms with van der Waals surface area (Å²) in [4.78, 5) is 9.22. The summed E-state index contributed by atoms with van der Waals surface area (Å²) >= 11 is 0. The van der Waals surface area contributed by atoms with Crippen molar-refractivity contribution in [2.45, 2.75) is 13.3 Å². The Hall–Kier alpha value is -3.35. The quantitative estimate of drug-likeness (QED) is 0.507. The molecular weight excluding hydrogens is 342 g/mol. The second kappa shape index (κ2) is 7.49. The van der Waals surface area contributed by atoms with Crippen LogP contribution in [0.3, 0.4) is 0 Å². The van der Waals surface area contributed by atoms with Gasteiger partial charge in [-0.05, 0) is 49.7 Å². The Kier molecular flexibility index (Phi) is 4.74. The van der Waals surface area contributed by atoms with Crippen LogP contribution < -0.4 is 14.8 Å². The van der Waals surface area contributed by atoms with E-state index < -0.39 is 0 Å². The van der Waals surface area contributed by atoms with E-state index in [0.29, 0.717) is 12.6 Å². The lowest BCUT2D eigenvalue weighted by molar-refractivity contribution is 0.314. The van der Waals surface area contributed by atoms with E-state index in [4.69, 9.17) is 9.47 Å². The third kappa shape index (κ3) is 3.62. The van der Waals surface area contributed by atoms with Crippen molar-refractivity contribution in [2.75, 3.05) is 25.6 Å². The van der Waals surface area contributed by atoms with Crippen LogP contribution >= 0.6 is 0 Å². The van der Waals surface area contributed by atoms with E-state index in [1.165, 1.54) is 0 Å². The molecule has 2 aromatic carbocycles. The van der Waals surface area contributed by atoms with Gasteiger partial charge in [-0.15, -0.1) is 5.10 Å². The number of fused-ring (bicyclic) bond motifs is 3. The molecule has 27 heavy (non-hydrogen) atoms. The molecule has 0 aliphatic heterocycles. The summed E-state index contributed by atoms with van der Waals surface area (Å²) in [5.74, 6) is 3.06. The molecule has 0 unspecified atom stereocenters. The SMILES string of the molecule is COc1ccc(OCCCNc2nc3ccccc3c3nc(C)nn23)cc1. The first-order valence-electron chi connectivity index (χ1n) is 8.87. The predicted molar refractivity (Wildman–Crippen MR) is 105 cm³/mol. The molecule has 2 aromatic heterocycles. The van der Waals surface area contributed by atoms with Crippen LogP contribution in [0.5, 0.6) is 11.5 Å². The number of hydrogen-bond acceptors (Lipinski definition) is 6. The molecule has 138 valence electrons. The number of hydrogen-bond donors (Lipinski definition) is 1. The molecule has 0 aliphatic rings. The van der Waals surface area contributed by atoms with Gasteiger partial charge in [-0.2, -0.15) is 4.52 Å². The number of benzene rings is 2. The Morgan fingerprint density at radius 1 is 1.00 bits per heavy atom. The number of aryl methyl sites for hydroxylation is 1. The molecule has 0 atom stereocenters. The molecule has 0 spiro atoms. The molecule has 0 aliphatic carbocycles. The molecule has 4 aromatic rings. The van der Waals surface area contributed by atoms with Crippen molar-refractivity contribution in [3.8, 4) is 11.5 Å². The summed E-state index contributed by atoms with van der Waals surface area (Å²) in [5, 5.41) is 8.80. The Balaban J connectivity index is 1.41. The van der Waals surface area contributed by atoms with E-state index in [1.54, 1.807) is 11.6 Å². The van der Waals surface area contributed by atoms with Gasteiger partial charge in [0.2, 0.25) is 5.95 Å². The molecule has 0 saturated heterocycles. The van der Waals surface area contributed by atoms with Crippen molar-refractivity contribution >= 4 is 22.5 Å². The van der Waals surface area contributed by atoms with E-state index >= 15 is 0 Å². The van der Waals surface area contributed by atoms with Crippen molar-refractivity contribution in [1.82, 2.24) is 19.6 Å². The summed E-state index contributed by atoms with van der Waals surface area (Å²) in [6.45, 7) is 3.20. The Labute approximate surface area is 157 Å². The summed E-state index contributed by atoms with van der Waals surface area (Å²) in [6.07, 6.45) is 0.829. The molecule has 4 rings (SSSR count). The largest absolute Gasteiger partial charge is 0.497 e. The average Bonchev–Trinajstić information content (AvgIpc) is 3.10. The molecule has 0 saturated carbocycles. The number of anilines is 1. The number of rotatable bonds is 7. The van der Waals surface area contributed by atoms with E-state index in [-0.39, 0.29) is 0 Å². The monoisotopic (exact) mass is 363 g/mol. The standard InChI is InChI=1S/C20H21N5O2/c1-14-22-19-17-6-3-4-7-18(17)23-20(25(19)24-14)21-12-5-13-27-16-10-8-15(26-2)9-11-16/h3-4,6-11H,5,12-13H2,1-2H3,(H,21,23). The van der Waals surface area contributed by atoms with Crippen molar-refractivity contribution in [3.63, 3.8) is 0 Å². The smallest absolute Gasteiger partial charge is 0.226 e. The van der Waals surface area contributed by atoms with Crippen LogP contribution in [-0.2, 0) is 0 Å². The molecular formula is C20H21N5O2. The molecule has 0 amide bonds. The number of nitrogens with zero attached hydrogens (tertiary/aromatic N) is 4. The number of aromatic nitrogens is 4. The molecule has 2 heterocycles. The average molecular weight is 363 g/mol. The van der Waals surface area contributed by atoms with Gasteiger partial charge in [0.1, 0.15) is 17.3 Å². The van der Waals surface area contributed by atoms with Gasteiger partial charge in [-0.25, -0.2) is 9.97 Å². The van der Waals surface area contributed by atoms with Crippen molar-refractivity contribution in [2.24, 2.45) is 0 Å². The third-order valence-corrected chi connectivity index (χ3v) is 4.22. The van der Waals surface area contributed by atoms with Crippen molar-refractivity contribution < 1.29 is 9.47 Å². The van der Waals surface area contributed by atoms with Gasteiger partial charge in [0.05, 0.1) is 19.2 Å². The first-order chi connectivity index (χ1) is 13.2. The maximum atomic E-state index is 5.75. The van der Waals surface area contributed by atoms with Gasteiger partial charge in [0.15, 0.2) is 5.65 Å². The van der Waals surface area contributed by atoms with Gasteiger partial charge in [0, 0.05) is 11.9 Å². The molecule has 7 nitrogen and oxygen atoms in total. The fraction of sp³-hybridized carbons (Fsp3) is 0.250. The van der Waals surface area contributed by atoms with E-state index in [2.05, 4.69) is 20.4 Å². The van der Waals surface area contributed by atoms with Crippen LogP contribution in [0, 0.1) is 6.92 Å². The molecule has 0 radical (unpaired) electrons. The zero-order valence-electron chi connectivity index (χ0n) is 15.3. The predicted octanol–water partition coefficient (Wildman–Crippen LogP) is 3.48. The van der Waals surface area contributed by atoms with Gasteiger partial charge >= 0.3 is 0 Å². The van der Waals surface area contributed by atoms with E-state index in [1.807, 2.05) is 55.5 Å². The highest BCUT2D eigenvalue weighted by molar-refractivity contribution is 5.92. The molecule has 7 heteroatoms. The zero-order valence-corrected chi connectivity index (χ0v) is 15.3. The molecule has 0 bridgehead atoms. The fourth-order valence-corrected chi connectivity index (χ4v) is 2.91. The maximum Gasteiger partial charge on any atom is 0.226 e. The van der Waals surface area contributed by atoms with Crippen LogP contribution in [0.2, 0.25) is 0 Å². The van der Waals surface area contributed by atoms with E-state index in [0.717, 1.165) is 46.8 Å². The van der Waals surface area contributed by atoms with Crippen LogP contribution in [-0.4, -0.2) is 39.8 Å². The van der Waals surface area contributed by atoms with Gasteiger partial charge in [-0.3, -0.25) is 0 Å². The van der Waals surface area contributed by atoms with Crippen LogP contribution in [0.25, 0.3) is 16.6 Å². The highest BCUT2D eigenvalue weighted by atomic mass is 16.5. The third-order valence-electron chi connectivity index (χ3n) is 4.22. The molecule has 1 N–H and O–H groups in total. The number of methoxy groups -OCH3 is 1. The van der Waals surface area contributed by atoms with E-state index in [9.17, 15) is 0 Å². The first kappa shape index (κ1) is 17.1. The zero-order chi connectivity index (χ0) is 18.6. The summed E-state index contributed by atoms with van der Waals surface area (Å²) in [5.41, 5.74) is 1.71. The normalized spacial score (nSPS) is 11.0. The van der Waals surface area contributed by atoms with Crippen LogP contribution in [0.15, 0.2) is 48.5 Å². The minimum atomic E-state index is 0.604.